The summed E-state index contributed by atoms with van der Waals surface area (Å²) in [5.41, 5.74) is 1.31. The van der Waals surface area contributed by atoms with Crippen molar-refractivity contribution in [2.75, 3.05) is 0 Å². The summed E-state index contributed by atoms with van der Waals surface area (Å²) in [6.45, 7) is 3.00. The Labute approximate surface area is 107 Å². The van der Waals surface area contributed by atoms with Gasteiger partial charge in [0, 0.05) is 17.5 Å². The molecule has 2 nitrogen and oxygen atoms in total. The van der Waals surface area contributed by atoms with E-state index < -0.39 is 0 Å². The topological polar surface area (TPSA) is 35.8 Å². The van der Waals surface area contributed by atoms with Crippen LogP contribution in [-0.2, 0) is 6.54 Å². The third kappa shape index (κ3) is 4.07. The quantitative estimate of drug-likeness (QED) is 0.782. The summed E-state index contributed by atoms with van der Waals surface area (Å²) in [6.07, 6.45) is 3.54. The highest BCUT2D eigenvalue weighted by Gasteiger charge is 2.19. The van der Waals surface area contributed by atoms with Gasteiger partial charge in [0.15, 0.2) is 0 Å². The minimum atomic E-state index is 0.0710. The molecule has 0 aromatic heterocycles. The van der Waals surface area contributed by atoms with Crippen LogP contribution in [0.5, 0.6) is 0 Å². The van der Waals surface area contributed by atoms with Crippen molar-refractivity contribution in [2.24, 2.45) is 0 Å². The number of thioether (sulfide) groups is 1. The van der Waals surface area contributed by atoms with Crippen molar-refractivity contribution in [1.82, 2.24) is 5.32 Å². The third-order valence-electron chi connectivity index (χ3n) is 2.86. The summed E-state index contributed by atoms with van der Waals surface area (Å²) in [6, 6.07) is 11.6. The first-order valence-corrected chi connectivity index (χ1v) is 7.08. The van der Waals surface area contributed by atoms with E-state index >= 15 is 0 Å². The van der Waals surface area contributed by atoms with E-state index in [0.717, 1.165) is 19.0 Å². The maximum atomic E-state index is 8.96. The maximum Gasteiger partial charge on any atom is 0.0961 e. The molecular weight excluding hydrogens is 228 g/mol. The van der Waals surface area contributed by atoms with E-state index in [0.29, 0.717) is 0 Å². The van der Waals surface area contributed by atoms with Crippen LogP contribution in [0.1, 0.15) is 31.7 Å². The lowest BCUT2D eigenvalue weighted by Crippen LogP contribution is -2.15. The van der Waals surface area contributed by atoms with Crippen LogP contribution in [0.15, 0.2) is 29.2 Å². The number of hydrogen-bond donors (Lipinski definition) is 1. The molecule has 0 amide bonds. The number of nitriles is 1. The van der Waals surface area contributed by atoms with Crippen molar-refractivity contribution in [3.63, 3.8) is 0 Å². The maximum absolute atomic E-state index is 8.96. The number of hydrogen-bond acceptors (Lipinski definition) is 3. The molecule has 1 fully saturated rings. The van der Waals surface area contributed by atoms with Crippen molar-refractivity contribution in [3.05, 3.63) is 29.8 Å². The monoisotopic (exact) mass is 246 g/mol. The van der Waals surface area contributed by atoms with Gasteiger partial charge in [-0.1, -0.05) is 19.1 Å². The fourth-order valence-corrected chi connectivity index (χ4v) is 2.57. The summed E-state index contributed by atoms with van der Waals surface area (Å²) < 4.78 is 0. The molecule has 1 atom stereocenters. The zero-order chi connectivity index (χ0) is 12.1. The van der Waals surface area contributed by atoms with E-state index in [-0.39, 0.29) is 5.25 Å². The molecule has 0 bridgehead atoms. The highest BCUT2D eigenvalue weighted by Crippen LogP contribution is 2.26. The highest BCUT2D eigenvalue weighted by molar-refractivity contribution is 8.00. The first-order valence-electron chi connectivity index (χ1n) is 6.20. The molecule has 0 radical (unpaired) electrons. The molecule has 0 saturated heterocycles. The molecule has 1 saturated carbocycles. The summed E-state index contributed by atoms with van der Waals surface area (Å²) in [5.74, 6) is 0. The molecule has 1 N–H and O–H groups in total. The van der Waals surface area contributed by atoms with Gasteiger partial charge in [-0.05, 0) is 37.0 Å². The Balaban J connectivity index is 1.92. The lowest BCUT2D eigenvalue weighted by molar-refractivity contribution is 0.687. The summed E-state index contributed by atoms with van der Waals surface area (Å²) >= 11 is 1.66. The third-order valence-corrected chi connectivity index (χ3v) is 4.11. The van der Waals surface area contributed by atoms with Crippen LogP contribution in [-0.4, -0.2) is 11.3 Å². The van der Waals surface area contributed by atoms with Gasteiger partial charge in [-0.3, -0.25) is 0 Å². The molecule has 0 heterocycles. The van der Waals surface area contributed by atoms with Crippen LogP contribution in [0.25, 0.3) is 0 Å². The average Bonchev–Trinajstić information content (AvgIpc) is 3.18. The Morgan fingerprint density at radius 3 is 3.00 bits per heavy atom. The number of nitrogens with zero attached hydrogens (tertiary/aromatic N) is 1. The fourth-order valence-electron chi connectivity index (χ4n) is 1.64. The SMILES string of the molecule is CCC(C#N)Sc1cccc(CNC2CC2)c1. The van der Waals surface area contributed by atoms with Crippen LogP contribution in [0.4, 0.5) is 0 Å². The second-order valence-corrected chi connectivity index (χ2v) is 5.72. The lowest BCUT2D eigenvalue weighted by atomic mass is 10.2. The lowest BCUT2D eigenvalue weighted by Gasteiger charge is -2.08. The summed E-state index contributed by atoms with van der Waals surface area (Å²) in [4.78, 5) is 1.20. The van der Waals surface area contributed by atoms with Gasteiger partial charge in [0.05, 0.1) is 11.3 Å². The van der Waals surface area contributed by atoms with Crippen molar-refractivity contribution in [2.45, 2.75) is 48.9 Å². The Bertz CT molecular complexity index is 407. The largest absolute Gasteiger partial charge is 0.310 e. The molecule has 1 aromatic rings. The van der Waals surface area contributed by atoms with Crippen LogP contribution >= 0.6 is 11.8 Å². The van der Waals surface area contributed by atoms with E-state index in [4.69, 9.17) is 5.26 Å². The predicted molar refractivity (Wildman–Crippen MR) is 71.9 cm³/mol. The minimum absolute atomic E-state index is 0.0710. The van der Waals surface area contributed by atoms with E-state index in [1.807, 2.05) is 0 Å². The van der Waals surface area contributed by atoms with Gasteiger partial charge in [-0.25, -0.2) is 0 Å². The van der Waals surface area contributed by atoms with Crippen LogP contribution in [0, 0.1) is 11.3 Å². The smallest absolute Gasteiger partial charge is 0.0961 e. The Kier molecular flexibility index (Phi) is 4.47. The van der Waals surface area contributed by atoms with Crippen LogP contribution < -0.4 is 5.32 Å². The van der Waals surface area contributed by atoms with Gasteiger partial charge >= 0.3 is 0 Å². The van der Waals surface area contributed by atoms with Gasteiger partial charge in [-0.2, -0.15) is 5.26 Å². The van der Waals surface area contributed by atoms with E-state index in [1.165, 1.54) is 23.3 Å². The van der Waals surface area contributed by atoms with Crippen LogP contribution in [0.3, 0.4) is 0 Å². The molecule has 3 heteroatoms. The van der Waals surface area contributed by atoms with E-state index in [9.17, 15) is 0 Å². The van der Waals surface area contributed by atoms with Gasteiger partial charge in [0.1, 0.15) is 0 Å². The number of rotatable bonds is 6. The minimum Gasteiger partial charge on any atom is -0.310 e. The second-order valence-electron chi connectivity index (χ2n) is 4.45. The van der Waals surface area contributed by atoms with E-state index in [2.05, 4.69) is 42.6 Å². The zero-order valence-corrected chi connectivity index (χ0v) is 11.0. The molecule has 0 spiro atoms. The van der Waals surface area contributed by atoms with Crippen LogP contribution in [0.2, 0.25) is 0 Å². The van der Waals surface area contributed by atoms with Crippen molar-refractivity contribution in [1.29, 1.82) is 5.26 Å². The zero-order valence-electron chi connectivity index (χ0n) is 10.1. The molecule has 90 valence electrons. The van der Waals surface area contributed by atoms with Gasteiger partial charge in [-0.15, -0.1) is 11.8 Å². The summed E-state index contributed by atoms with van der Waals surface area (Å²) in [5, 5.41) is 12.5. The van der Waals surface area contributed by atoms with Gasteiger partial charge < -0.3 is 5.32 Å². The normalized spacial score (nSPS) is 16.5. The standard InChI is InChI=1S/C14H18N2S/c1-2-13(9-15)17-14-5-3-4-11(8-14)10-16-12-6-7-12/h3-5,8,12-13,16H,2,6-7,10H2,1H3. The first-order chi connectivity index (χ1) is 8.31. The van der Waals surface area contributed by atoms with Crippen molar-refractivity contribution in [3.8, 4) is 6.07 Å². The van der Waals surface area contributed by atoms with Gasteiger partial charge in [0.25, 0.3) is 0 Å². The van der Waals surface area contributed by atoms with E-state index in [1.54, 1.807) is 11.8 Å². The molecule has 1 unspecified atom stereocenters. The Hall–Kier alpha value is -0.980. The fraction of sp³-hybridized carbons (Fsp3) is 0.500. The Morgan fingerprint density at radius 2 is 2.35 bits per heavy atom. The average molecular weight is 246 g/mol. The van der Waals surface area contributed by atoms with Crippen molar-refractivity contribution >= 4 is 11.8 Å². The molecule has 17 heavy (non-hydrogen) atoms. The highest BCUT2D eigenvalue weighted by atomic mass is 32.2. The molecule has 0 aliphatic heterocycles. The molecular formula is C14H18N2S. The molecule has 1 aromatic carbocycles. The molecule has 1 aliphatic carbocycles. The van der Waals surface area contributed by atoms with Gasteiger partial charge in [0.2, 0.25) is 0 Å². The number of nitrogens with one attached hydrogen (secondary N) is 1. The van der Waals surface area contributed by atoms with Crippen molar-refractivity contribution < 1.29 is 0 Å². The Morgan fingerprint density at radius 1 is 1.53 bits per heavy atom. The first kappa shape index (κ1) is 12.5. The molecule has 1 aliphatic rings. The predicted octanol–water partition coefficient (Wildman–Crippen LogP) is 3.33. The summed E-state index contributed by atoms with van der Waals surface area (Å²) in [7, 11) is 0. The second kappa shape index (κ2) is 6.09. The number of benzene rings is 1. The molecule has 2 rings (SSSR count).